The first-order valence-corrected chi connectivity index (χ1v) is 11.8. The lowest BCUT2D eigenvalue weighted by Crippen LogP contribution is -2.10. The van der Waals surface area contributed by atoms with Crippen molar-refractivity contribution in [2.75, 3.05) is 0 Å². The van der Waals surface area contributed by atoms with Gasteiger partial charge >= 0.3 is 0 Å². The van der Waals surface area contributed by atoms with Gasteiger partial charge in [0.1, 0.15) is 0 Å². The first-order chi connectivity index (χ1) is 11.8. The number of hydrogen-bond acceptors (Lipinski definition) is 0. The van der Waals surface area contributed by atoms with Gasteiger partial charge in [-0.1, -0.05) is 137 Å². The van der Waals surface area contributed by atoms with E-state index in [4.69, 9.17) is 0 Å². The van der Waals surface area contributed by atoms with Crippen molar-refractivity contribution in [1.29, 1.82) is 0 Å². The summed E-state index contributed by atoms with van der Waals surface area (Å²) in [6.45, 7) is 9.37. The molecular formula is C24H50. The first kappa shape index (κ1) is 24.0. The molecule has 0 N–H and O–H groups in total. The van der Waals surface area contributed by atoms with Crippen LogP contribution in [-0.2, 0) is 0 Å². The van der Waals surface area contributed by atoms with Crippen molar-refractivity contribution in [3.05, 3.63) is 0 Å². The van der Waals surface area contributed by atoms with Crippen LogP contribution in [0.1, 0.15) is 143 Å². The molecule has 0 aliphatic rings. The number of hydrogen-bond donors (Lipinski definition) is 0. The summed E-state index contributed by atoms with van der Waals surface area (Å²) in [5, 5.41) is 0. The third-order valence-electron chi connectivity index (χ3n) is 5.76. The minimum atomic E-state index is 1.02. The Labute approximate surface area is 155 Å². The highest BCUT2D eigenvalue weighted by atomic mass is 14.2. The van der Waals surface area contributed by atoms with Crippen LogP contribution in [0, 0.1) is 11.8 Å². The van der Waals surface area contributed by atoms with Crippen molar-refractivity contribution in [2.24, 2.45) is 11.8 Å². The molecule has 0 fully saturated rings. The van der Waals surface area contributed by atoms with E-state index in [0.717, 1.165) is 11.8 Å². The van der Waals surface area contributed by atoms with Crippen LogP contribution >= 0.6 is 0 Å². The predicted octanol–water partition coefficient (Wildman–Crippen LogP) is 9.32. The second kappa shape index (κ2) is 19.3. The lowest BCUT2D eigenvalue weighted by Gasteiger charge is -2.24. The van der Waals surface area contributed by atoms with Crippen molar-refractivity contribution >= 4 is 0 Å². The molecule has 0 radical (unpaired) electrons. The van der Waals surface area contributed by atoms with Crippen LogP contribution in [0.3, 0.4) is 0 Å². The zero-order chi connectivity index (χ0) is 17.9. The molecule has 0 aromatic heterocycles. The van der Waals surface area contributed by atoms with E-state index in [0.29, 0.717) is 0 Å². The maximum Gasteiger partial charge on any atom is -0.0412 e. The molecule has 1 unspecified atom stereocenters. The Bertz CT molecular complexity index is 208. The van der Waals surface area contributed by atoms with Crippen LogP contribution in [-0.4, -0.2) is 0 Å². The van der Waals surface area contributed by atoms with Gasteiger partial charge in [-0.05, 0) is 18.3 Å². The molecular weight excluding hydrogens is 288 g/mol. The number of unbranched alkanes of at least 4 members (excludes halogenated alkanes) is 9. The van der Waals surface area contributed by atoms with Gasteiger partial charge in [0.05, 0.1) is 0 Å². The van der Waals surface area contributed by atoms with Crippen molar-refractivity contribution in [3.63, 3.8) is 0 Å². The van der Waals surface area contributed by atoms with Crippen LogP contribution < -0.4 is 0 Å². The Kier molecular flexibility index (Phi) is 19.3. The van der Waals surface area contributed by atoms with E-state index in [9.17, 15) is 0 Å². The average Bonchev–Trinajstić information content (AvgIpc) is 2.59. The van der Waals surface area contributed by atoms with Gasteiger partial charge in [-0.25, -0.2) is 0 Å². The molecule has 0 saturated heterocycles. The van der Waals surface area contributed by atoms with Crippen LogP contribution in [0.25, 0.3) is 0 Å². The molecule has 0 heterocycles. The van der Waals surface area contributed by atoms with Crippen molar-refractivity contribution in [1.82, 2.24) is 0 Å². The number of rotatable bonds is 19. The topological polar surface area (TPSA) is 0 Å². The van der Waals surface area contributed by atoms with Gasteiger partial charge in [0.25, 0.3) is 0 Å². The van der Waals surface area contributed by atoms with E-state index in [-0.39, 0.29) is 0 Å². The normalized spacial score (nSPS) is 12.9. The van der Waals surface area contributed by atoms with Crippen molar-refractivity contribution < 1.29 is 0 Å². The van der Waals surface area contributed by atoms with E-state index >= 15 is 0 Å². The monoisotopic (exact) mass is 338 g/mol. The molecule has 0 saturated carbocycles. The first-order valence-electron chi connectivity index (χ1n) is 11.8. The summed E-state index contributed by atoms with van der Waals surface area (Å²) in [7, 11) is 0. The smallest absolute Gasteiger partial charge is 0.0412 e. The Morgan fingerprint density at radius 3 is 1.08 bits per heavy atom. The highest BCUT2D eigenvalue weighted by molar-refractivity contribution is 4.68. The fourth-order valence-electron chi connectivity index (χ4n) is 4.22. The van der Waals surface area contributed by atoms with Gasteiger partial charge in [-0.15, -0.1) is 0 Å². The average molecular weight is 339 g/mol. The standard InChI is InChI=1S/C24H50/c1-5-9-12-15-19-23(18-8-4)22-24(20-16-13-10-6-2)21-17-14-11-7-3/h23-24H,5-22H2,1-4H3. The van der Waals surface area contributed by atoms with Gasteiger partial charge in [0.15, 0.2) is 0 Å². The molecule has 0 nitrogen and oxygen atoms in total. The maximum absolute atomic E-state index is 2.39. The highest BCUT2D eigenvalue weighted by Crippen LogP contribution is 2.30. The predicted molar refractivity (Wildman–Crippen MR) is 113 cm³/mol. The summed E-state index contributed by atoms with van der Waals surface area (Å²) in [5.74, 6) is 2.05. The summed E-state index contributed by atoms with van der Waals surface area (Å²) in [5.41, 5.74) is 0. The Morgan fingerprint density at radius 2 is 0.750 bits per heavy atom. The second-order valence-electron chi connectivity index (χ2n) is 8.30. The molecule has 0 heteroatoms. The maximum atomic E-state index is 2.39. The van der Waals surface area contributed by atoms with E-state index < -0.39 is 0 Å². The van der Waals surface area contributed by atoms with Crippen molar-refractivity contribution in [2.45, 2.75) is 143 Å². The lowest BCUT2D eigenvalue weighted by molar-refractivity contribution is 0.287. The van der Waals surface area contributed by atoms with Crippen LogP contribution in [0.5, 0.6) is 0 Å². The zero-order valence-corrected chi connectivity index (χ0v) is 17.9. The van der Waals surface area contributed by atoms with Gasteiger partial charge < -0.3 is 0 Å². The summed E-state index contributed by atoms with van der Waals surface area (Å²) in [4.78, 5) is 0. The van der Waals surface area contributed by atoms with Gasteiger partial charge in [0.2, 0.25) is 0 Å². The molecule has 0 bridgehead atoms. The minimum absolute atomic E-state index is 1.02. The molecule has 0 aromatic carbocycles. The Balaban J connectivity index is 4.23. The van der Waals surface area contributed by atoms with Gasteiger partial charge in [0, 0.05) is 0 Å². The summed E-state index contributed by atoms with van der Waals surface area (Å²) < 4.78 is 0. The van der Waals surface area contributed by atoms with Crippen LogP contribution in [0.15, 0.2) is 0 Å². The highest BCUT2D eigenvalue weighted by Gasteiger charge is 2.16. The molecule has 1 atom stereocenters. The zero-order valence-electron chi connectivity index (χ0n) is 17.9. The molecule has 0 aliphatic carbocycles. The molecule has 0 rings (SSSR count). The molecule has 0 spiro atoms. The lowest BCUT2D eigenvalue weighted by atomic mass is 9.82. The summed E-state index contributed by atoms with van der Waals surface area (Å²) >= 11 is 0. The second-order valence-corrected chi connectivity index (χ2v) is 8.30. The van der Waals surface area contributed by atoms with Crippen LogP contribution in [0.4, 0.5) is 0 Å². The van der Waals surface area contributed by atoms with Crippen LogP contribution in [0.2, 0.25) is 0 Å². The third kappa shape index (κ3) is 15.5. The Hall–Kier alpha value is 0. The largest absolute Gasteiger partial charge is 0.0654 e. The fourth-order valence-corrected chi connectivity index (χ4v) is 4.22. The SMILES string of the molecule is CCCCCCC(CCC)CC(CCCCCC)CCCCCC. The van der Waals surface area contributed by atoms with Gasteiger partial charge in [-0.3, -0.25) is 0 Å². The van der Waals surface area contributed by atoms with E-state index in [1.165, 1.54) is 116 Å². The molecule has 24 heavy (non-hydrogen) atoms. The molecule has 0 amide bonds. The molecule has 0 aliphatic heterocycles. The van der Waals surface area contributed by atoms with E-state index in [2.05, 4.69) is 27.7 Å². The molecule has 146 valence electrons. The third-order valence-corrected chi connectivity index (χ3v) is 5.76. The minimum Gasteiger partial charge on any atom is -0.0654 e. The fraction of sp³-hybridized carbons (Fsp3) is 1.00. The Morgan fingerprint density at radius 1 is 0.375 bits per heavy atom. The quantitative estimate of drug-likeness (QED) is 0.206. The van der Waals surface area contributed by atoms with Gasteiger partial charge in [-0.2, -0.15) is 0 Å². The molecule has 0 aromatic rings. The van der Waals surface area contributed by atoms with E-state index in [1.54, 1.807) is 0 Å². The summed E-state index contributed by atoms with van der Waals surface area (Å²) in [6, 6.07) is 0. The summed E-state index contributed by atoms with van der Waals surface area (Å²) in [6.07, 6.45) is 26.2. The van der Waals surface area contributed by atoms with Crippen molar-refractivity contribution in [3.8, 4) is 0 Å². The van der Waals surface area contributed by atoms with E-state index in [1.807, 2.05) is 0 Å².